The molecule has 260 valence electrons. The number of aliphatic hydroxyl groups is 5. The van der Waals surface area contributed by atoms with Gasteiger partial charge in [-0.15, -0.1) is 0 Å². The quantitative estimate of drug-likeness (QED) is 0.186. The van der Waals surface area contributed by atoms with E-state index in [-0.39, 0.29) is 42.5 Å². The number of carbonyl (C=O) groups excluding carboxylic acids is 1. The van der Waals surface area contributed by atoms with Gasteiger partial charge < -0.3 is 25.5 Å². The summed E-state index contributed by atoms with van der Waals surface area (Å²) < 4.78 is 0. The van der Waals surface area contributed by atoms with Gasteiger partial charge in [0.2, 0.25) is 0 Å². The average molecular weight is 641 g/mol. The first-order valence-corrected chi connectivity index (χ1v) is 19.0. The first kappa shape index (κ1) is 34.8. The molecule has 6 nitrogen and oxygen atoms in total. The molecule has 0 amide bonds. The van der Waals surface area contributed by atoms with E-state index in [1.165, 1.54) is 50.5 Å². The van der Waals surface area contributed by atoms with Crippen LogP contribution in [0, 0.1) is 45.8 Å². The van der Waals surface area contributed by atoms with E-state index in [4.69, 9.17) is 0 Å². The summed E-state index contributed by atoms with van der Waals surface area (Å²) in [4.78, 5) is 13.6. The van der Waals surface area contributed by atoms with Crippen molar-refractivity contribution in [2.24, 2.45) is 45.8 Å². The van der Waals surface area contributed by atoms with E-state index in [9.17, 15) is 30.3 Å². The van der Waals surface area contributed by atoms with E-state index < -0.39 is 34.2 Å². The van der Waals surface area contributed by atoms with Gasteiger partial charge in [0.25, 0.3) is 0 Å². The highest BCUT2D eigenvalue weighted by atomic mass is 16.3. The third-order valence-corrected chi connectivity index (χ3v) is 15.5. The SMILES string of the molecule is CC(C)C(CC(O)(CCCO)C(C)C1CCC2(O)C3=CC(=O)C4CC(O)C(O)CC4(C)C3CCC12C)=C1CCCC2(CCCC2)C1. The fraction of sp³-hybridized carbons (Fsp3) is 0.875. The number of rotatable bonds is 8. The maximum absolute atomic E-state index is 13.6. The van der Waals surface area contributed by atoms with Crippen LogP contribution in [0.15, 0.2) is 22.8 Å². The van der Waals surface area contributed by atoms with Crippen LogP contribution in [0.5, 0.6) is 0 Å². The molecule has 1 spiro atoms. The molecule has 5 N–H and O–H groups in total. The largest absolute Gasteiger partial charge is 0.396 e. The molecule has 0 aromatic heterocycles. The normalized spacial score (nSPS) is 43.5. The zero-order chi connectivity index (χ0) is 33.3. The highest BCUT2D eigenvalue weighted by Gasteiger charge is 2.67. The van der Waals surface area contributed by atoms with E-state index in [0.29, 0.717) is 43.4 Å². The van der Waals surface area contributed by atoms with Crippen molar-refractivity contribution in [3.8, 4) is 0 Å². The van der Waals surface area contributed by atoms with E-state index in [0.717, 1.165) is 31.3 Å². The van der Waals surface area contributed by atoms with Crippen molar-refractivity contribution in [2.45, 2.75) is 167 Å². The molecule has 0 radical (unpaired) electrons. The van der Waals surface area contributed by atoms with E-state index >= 15 is 0 Å². The molecule has 6 heteroatoms. The Morgan fingerprint density at radius 2 is 1.67 bits per heavy atom. The van der Waals surface area contributed by atoms with Gasteiger partial charge in [0.05, 0.1) is 23.4 Å². The fourth-order valence-corrected chi connectivity index (χ4v) is 12.6. The van der Waals surface area contributed by atoms with Crippen molar-refractivity contribution >= 4 is 5.78 Å². The summed E-state index contributed by atoms with van der Waals surface area (Å²) in [7, 11) is 0. The zero-order valence-electron chi connectivity index (χ0n) is 29.5. The van der Waals surface area contributed by atoms with Crippen LogP contribution in [0.25, 0.3) is 0 Å². The van der Waals surface area contributed by atoms with Crippen molar-refractivity contribution in [2.75, 3.05) is 6.61 Å². The van der Waals surface area contributed by atoms with Crippen LogP contribution in [0.3, 0.4) is 0 Å². The Kier molecular flexibility index (Phi) is 9.36. The van der Waals surface area contributed by atoms with Crippen molar-refractivity contribution < 1.29 is 30.3 Å². The van der Waals surface area contributed by atoms with Gasteiger partial charge in [-0.1, -0.05) is 58.6 Å². The van der Waals surface area contributed by atoms with Gasteiger partial charge >= 0.3 is 0 Å². The van der Waals surface area contributed by atoms with E-state index in [1.807, 2.05) is 0 Å². The lowest BCUT2D eigenvalue weighted by molar-refractivity contribution is -0.157. The van der Waals surface area contributed by atoms with Gasteiger partial charge in [-0.25, -0.2) is 0 Å². The molecule has 0 saturated heterocycles. The molecule has 6 rings (SSSR count). The lowest BCUT2D eigenvalue weighted by Crippen LogP contribution is -2.61. The third kappa shape index (κ3) is 5.43. The smallest absolute Gasteiger partial charge is 0.159 e. The number of aliphatic hydroxyl groups excluding tert-OH is 3. The summed E-state index contributed by atoms with van der Waals surface area (Å²) in [5.41, 5.74) is 1.19. The number of carbonyl (C=O) groups is 1. The predicted molar refractivity (Wildman–Crippen MR) is 181 cm³/mol. The lowest BCUT2D eigenvalue weighted by atomic mass is 9.45. The van der Waals surface area contributed by atoms with Crippen molar-refractivity contribution in [3.63, 3.8) is 0 Å². The second-order valence-corrected chi connectivity index (χ2v) is 18.1. The molecule has 6 aliphatic rings. The minimum Gasteiger partial charge on any atom is -0.396 e. The van der Waals surface area contributed by atoms with E-state index in [2.05, 4.69) is 34.6 Å². The Labute approximate surface area is 278 Å². The molecule has 5 fully saturated rings. The minimum absolute atomic E-state index is 0.00996. The van der Waals surface area contributed by atoms with Crippen LogP contribution in [0.1, 0.15) is 144 Å². The molecular formula is C40H64O6. The summed E-state index contributed by atoms with van der Waals surface area (Å²) in [6.45, 7) is 11.1. The van der Waals surface area contributed by atoms with E-state index in [1.54, 1.807) is 11.6 Å². The van der Waals surface area contributed by atoms with Gasteiger partial charge in [0.1, 0.15) is 0 Å². The standard InChI is InChI=1S/C40H64O6/c1-25(2)28(27-10-8-15-38(22-27)13-6-7-14-38)23-39(45,16-9-19-41)26(3)29-12-18-40(46)31-20-33(42)32-21-34(43)35(44)24-36(32,4)30(31)11-17-37(29,40)5/h20,25-26,29-30,32,34-35,41,43-46H,6-19,21-24H2,1-5H3. The van der Waals surface area contributed by atoms with Gasteiger partial charge in [-0.2, -0.15) is 0 Å². The van der Waals surface area contributed by atoms with Crippen molar-refractivity contribution in [1.82, 2.24) is 0 Å². The van der Waals surface area contributed by atoms with Gasteiger partial charge in [0, 0.05) is 17.9 Å². The predicted octanol–water partition coefficient (Wildman–Crippen LogP) is 6.81. The second kappa shape index (κ2) is 12.4. The topological polar surface area (TPSA) is 118 Å². The Morgan fingerprint density at radius 1 is 0.978 bits per heavy atom. The Hall–Kier alpha value is -1.05. The van der Waals surface area contributed by atoms with Crippen LogP contribution >= 0.6 is 0 Å². The molecule has 6 aliphatic carbocycles. The molecular weight excluding hydrogens is 576 g/mol. The van der Waals surface area contributed by atoms with Crippen LogP contribution in [-0.4, -0.2) is 61.3 Å². The van der Waals surface area contributed by atoms with Crippen molar-refractivity contribution in [3.05, 3.63) is 22.8 Å². The van der Waals surface area contributed by atoms with Crippen molar-refractivity contribution in [1.29, 1.82) is 0 Å². The Morgan fingerprint density at radius 3 is 2.35 bits per heavy atom. The molecule has 10 atom stereocenters. The van der Waals surface area contributed by atoms with Gasteiger partial charge in [-0.05, 0) is 142 Å². The van der Waals surface area contributed by atoms with Crippen LogP contribution in [-0.2, 0) is 4.79 Å². The summed E-state index contributed by atoms with van der Waals surface area (Å²) in [5.74, 6) is -0.0464. The summed E-state index contributed by atoms with van der Waals surface area (Å²) in [6, 6.07) is 0. The highest BCUT2D eigenvalue weighted by Crippen LogP contribution is 2.69. The molecule has 5 saturated carbocycles. The first-order valence-electron chi connectivity index (χ1n) is 19.0. The van der Waals surface area contributed by atoms with Gasteiger partial charge in [-0.3, -0.25) is 4.79 Å². The fourth-order valence-electron chi connectivity index (χ4n) is 12.6. The summed E-state index contributed by atoms with van der Waals surface area (Å²) >= 11 is 0. The lowest BCUT2D eigenvalue weighted by Gasteiger charge is -2.60. The maximum Gasteiger partial charge on any atom is 0.159 e. The Bertz CT molecular complexity index is 1230. The molecule has 10 unspecified atom stereocenters. The number of hydrogen-bond acceptors (Lipinski definition) is 6. The maximum atomic E-state index is 13.6. The third-order valence-electron chi connectivity index (χ3n) is 15.5. The number of allylic oxidation sites excluding steroid dienone is 2. The Balaban J connectivity index is 1.31. The second-order valence-electron chi connectivity index (χ2n) is 18.1. The number of fused-ring (bicyclic) bond motifs is 5. The average Bonchev–Trinajstić information content (AvgIpc) is 3.57. The summed E-state index contributed by atoms with van der Waals surface area (Å²) in [5, 5.41) is 56.7. The zero-order valence-corrected chi connectivity index (χ0v) is 29.5. The van der Waals surface area contributed by atoms with Crippen LogP contribution < -0.4 is 0 Å². The molecule has 0 aliphatic heterocycles. The highest BCUT2D eigenvalue weighted by molar-refractivity contribution is 5.95. The van der Waals surface area contributed by atoms with Gasteiger partial charge in [0.15, 0.2) is 5.78 Å². The monoisotopic (exact) mass is 640 g/mol. The molecule has 46 heavy (non-hydrogen) atoms. The first-order chi connectivity index (χ1) is 21.6. The molecule has 0 aromatic rings. The summed E-state index contributed by atoms with van der Waals surface area (Å²) in [6.07, 6.45) is 15.6. The molecule has 0 bridgehead atoms. The number of ketones is 1. The number of hydrogen-bond donors (Lipinski definition) is 5. The molecule has 0 heterocycles. The van der Waals surface area contributed by atoms with Crippen LogP contribution in [0.4, 0.5) is 0 Å². The minimum atomic E-state index is -1.14. The van der Waals surface area contributed by atoms with Crippen LogP contribution in [0.2, 0.25) is 0 Å². The molecule has 0 aromatic carbocycles.